The summed E-state index contributed by atoms with van der Waals surface area (Å²) in [6, 6.07) is 21.6. The Morgan fingerprint density at radius 2 is 1.39 bits per heavy atom. The van der Waals surface area contributed by atoms with Gasteiger partial charge in [0.25, 0.3) is 0 Å². The summed E-state index contributed by atoms with van der Waals surface area (Å²) in [5.41, 5.74) is 2.77. The van der Waals surface area contributed by atoms with E-state index in [1.54, 1.807) is 0 Å². The normalized spacial score (nSPS) is 12.5. The number of hydrogen-bond acceptors (Lipinski definition) is 2. The minimum Gasteiger partial charge on any atom is -0.316 e. The fourth-order valence-corrected chi connectivity index (χ4v) is 2.90. The van der Waals surface area contributed by atoms with Crippen molar-refractivity contribution in [1.82, 2.24) is 10.2 Å². The maximum atomic E-state index is 3.54. The van der Waals surface area contributed by atoms with Crippen LogP contribution in [0, 0.1) is 5.92 Å². The van der Waals surface area contributed by atoms with E-state index in [0.717, 1.165) is 32.7 Å². The Balaban J connectivity index is 1.96. The van der Waals surface area contributed by atoms with E-state index in [2.05, 4.69) is 84.7 Å². The summed E-state index contributed by atoms with van der Waals surface area (Å²) in [4.78, 5) is 2.56. The minimum absolute atomic E-state index is 0.647. The molecule has 0 saturated heterocycles. The van der Waals surface area contributed by atoms with Gasteiger partial charge in [-0.1, -0.05) is 74.5 Å². The molecule has 1 N–H and O–H groups in total. The van der Waals surface area contributed by atoms with Gasteiger partial charge in [-0.15, -0.1) is 0 Å². The second-order valence-corrected chi connectivity index (χ2v) is 6.45. The fraction of sp³-hybridized carbons (Fsp3) is 0.429. The van der Waals surface area contributed by atoms with Gasteiger partial charge in [0, 0.05) is 19.6 Å². The van der Waals surface area contributed by atoms with Gasteiger partial charge in [0.15, 0.2) is 0 Å². The zero-order valence-corrected chi connectivity index (χ0v) is 14.5. The molecule has 0 heterocycles. The van der Waals surface area contributed by atoms with Crippen LogP contribution >= 0.6 is 0 Å². The lowest BCUT2D eigenvalue weighted by Crippen LogP contribution is -2.33. The Morgan fingerprint density at radius 1 is 0.870 bits per heavy atom. The van der Waals surface area contributed by atoms with Crippen molar-refractivity contribution in [1.29, 1.82) is 0 Å². The van der Waals surface area contributed by atoms with Gasteiger partial charge in [-0.3, -0.25) is 4.90 Å². The zero-order valence-electron chi connectivity index (χ0n) is 14.5. The summed E-state index contributed by atoms with van der Waals surface area (Å²) >= 11 is 0. The van der Waals surface area contributed by atoms with Crippen molar-refractivity contribution in [3.05, 3.63) is 71.8 Å². The van der Waals surface area contributed by atoms with Crippen molar-refractivity contribution in [3.63, 3.8) is 0 Å². The standard InChI is InChI=1S/C21H30N2/c1-3-14-22-15-19(2)16-23(17-20-10-6-4-7-11-20)18-21-12-8-5-9-13-21/h4-13,19,22H,3,14-18H2,1-2H3. The van der Waals surface area contributed by atoms with Crippen LogP contribution in [-0.2, 0) is 13.1 Å². The molecule has 1 unspecified atom stereocenters. The summed E-state index contributed by atoms with van der Waals surface area (Å²) in [5.74, 6) is 0.647. The Morgan fingerprint density at radius 3 is 1.87 bits per heavy atom. The number of rotatable bonds is 10. The molecule has 0 aliphatic rings. The smallest absolute Gasteiger partial charge is 0.0237 e. The van der Waals surface area contributed by atoms with E-state index in [1.165, 1.54) is 17.5 Å². The topological polar surface area (TPSA) is 15.3 Å². The van der Waals surface area contributed by atoms with Crippen molar-refractivity contribution in [2.45, 2.75) is 33.4 Å². The monoisotopic (exact) mass is 310 g/mol. The first kappa shape index (κ1) is 17.7. The van der Waals surface area contributed by atoms with Crippen molar-refractivity contribution >= 4 is 0 Å². The van der Waals surface area contributed by atoms with Crippen molar-refractivity contribution in [2.24, 2.45) is 5.92 Å². The van der Waals surface area contributed by atoms with Crippen LogP contribution in [0.3, 0.4) is 0 Å². The highest BCUT2D eigenvalue weighted by atomic mass is 15.1. The summed E-state index contributed by atoms with van der Waals surface area (Å²) in [5, 5.41) is 3.54. The third kappa shape index (κ3) is 6.98. The maximum absolute atomic E-state index is 3.54. The zero-order chi connectivity index (χ0) is 16.3. The first-order chi connectivity index (χ1) is 11.3. The molecule has 2 rings (SSSR count). The summed E-state index contributed by atoms with van der Waals surface area (Å²) in [6.07, 6.45) is 1.20. The predicted molar refractivity (Wildman–Crippen MR) is 99.3 cm³/mol. The second kappa shape index (κ2) is 10.2. The average Bonchev–Trinajstić information content (AvgIpc) is 2.57. The Bertz CT molecular complexity index is 483. The molecule has 2 aromatic rings. The van der Waals surface area contributed by atoms with Gasteiger partial charge in [0.1, 0.15) is 0 Å². The van der Waals surface area contributed by atoms with E-state index in [-0.39, 0.29) is 0 Å². The highest BCUT2D eigenvalue weighted by molar-refractivity contribution is 5.17. The van der Waals surface area contributed by atoms with Gasteiger partial charge in [-0.2, -0.15) is 0 Å². The van der Waals surface area contributed by atoms with E-state index in [4.69, 9.17) is 0 Å². The quantitative estimate of drug-likeness (QED) is 0.657. The SMILES string of the molecule is CCCNCC(C)CN(Cc1ccccc1)Cc1ccccc1. The third-order valence-corrected chi connectivity index (χ3v) is 3.99. The van der Waals surface area contributed by atoms with Crippen molar-refractivity contribution in [3.8, 4) is 0 Å². The molecule has 23 heavy (non-hydrogen) atoms. The molecule has 0 aliphatic heterocycles. The van der Waals surface area contributed by atoms with Crippen LogP contribution in [-0.4, -0.2) is 24.5 Å². The second-order valence-electron chi connectivity index (χ2n) is 6.45. The Labute approximate surface area is 141 Å². The van der Waals surface area contributed by atoms with Crippen LogP contribution in [0.4, 0.5) is 0 Å². The molecule has 124 valence electrons. The van der Waals surface area contributed by atoms with Gasteiger partial charge < -0.3 is 5.32 Å². The summed E-state index contributed by atoms with van der Waals surface area (Å²) in [6.45, 7) is 9.89. The van der Waals surface area contributed by atoms with Crippen molar-refractivity contribution < 1.29 is 0 Å². The molecule has 0 saturated carbocycles. The molecule has 2 heteroatoms. The first-order valence-corrected chi connectivity index (χ1v) is 8.79. The van der Waals surface area contributed by atoms with E-state index in [1.807, 2.05) is 0 Å². The average molecular weight is 310 g/mol. The highest BCUT2D eigenvalue weighted by Crippen LogP contribution is 2.12. The minimum atomic E-state index is 0.647. The van der Waals surface area contributed by atoms with Gasteiger partial charge in [0.05, 0.1) is 0 Å². The van der Waals surface area contributed by atoms with Gasteiger partial charge in [-0.25, -0.2) is 0 Å². The Kier molecular flexibility index (Phi) is 7.85. The third-order valence-electron chi connectivity index (χ3n) is 3.99. The van der Waals surface area contributed by atoms with Crippen molar-refractivity contribution in [2.75, 3.05) is 19.6 Å². The van der Waals surface area contributed by atoms with E-state index < -0.39 is 0 Å². The summed E-state index contributed by atoms with van der Waals surface area (Å²) < 4.78 is 0. The molecule has 0 aromatic heterocycles. The summed E-state index contributed by atoms with van der Waals surface area (Å²) in [7, 11) is 0. The van der Waals surface area contributed by atoms with Crippen LogP contribution in [0.5, 0.6) is 0 Å². The Hall–Kier alpha value is -1.64. The molecule has 0 amide bonds. The molecule has 0 fully saturated rings. The van der Waals surface area contributed by atoms with Gasteiger partial charge in [-0.05, 0) is 36.6 Å². The lowest BCUT2D eigenvalue weighted by Gasteiger charge is -2.26. The molecule has 1 atom stereocenters. The lowest BCUT2D eigenvalue weighted by molar-refractivity contribution is 0.218. The predicted octanol–water partition coefficient (Wildman–Crippen LogP) is 4.32. The highest BCUT2D eigenvalue weighted by Gasteiger charge is 2.11. The number of nitrogens with zero attached hydrogens (tertiary/aromatic N) is 1. The molecule has 2 nitrogen and oxygen atoms in total. The number of benzene rings is 2. The van der Waals surface area contributed by atoms with Crippen LogP contribution in [0.25, 0.3) is 0 Å². The maximum Gasteiger partial charge on any atom is 0.0237 e. The first-order valence-electron chi connectivity index (χ1n) is 8.79. The number of nitrogens with one attached hydrogen (secondary N) is 1. The van der Waals surface area contributed by atoms with E-state index >= 15 is 0 Å². The fourth-order valence-electron chi connectivity index (χ4n) is 2.90. The molecular formula is C21H30N2. The number of hydrogen-bond donors (Lipinski definition) is 1. The molecule has 0 aliphatic carbocycles. The molecular weight excluding hydrogens is 280 g/mol. The largest absolute Gasteiger partial charge is 0.316 e. The van der Waals surface area contributed by atoms with Crippen LogP contribution in [0.15, 0.2) is 60.7 Å². The van der Waals surface area contributed by atoms with E-state index in [9.17, 15) is 0 Å². The van der Waals surface area contributed by atoms with E-state index in [0.29, 0.717) is 5.92 Å². The molecule has 2 aromatic carbocycles. The molecule has 0 bridgehead atoms. The van der Waals surface area contributed by atoms with Crippen LogP contribution < -0.4 is 5.32 Å². The molecule has 0 radical (unpaired) electrons. The lowest BCUT2D eigenvalue weighted by atomic mass is 10.1. The van der Waals surface area contributed by atoms with Crippen LogP contribution in [0.2, 0.25) is 0 Å². The van der Waals surface area contributed by atoms with Gasteiger partial charge in [0.2, 0.25) is 0 Å². The van der Waals surface area contributed by atoms with Gasteiger partial charge >= 0.3 is 0 Å². The van der Waals surface area contributed by atoms with Crippen LogP contribution in [0.1, 0.15) is 31.4 Å². The molecule has 0 spiro atoms.